The number of piperazine rings is 1. The van der Waals surface area contributed by atoms with Crippen molar-refractivity contribution in [3.63, 3.8) is 0 Å². The summed E-state index contributed by atoms with van der Waals surface area (Å²) < 4.78 is 5.48. The van der Waals surface area contributed by atoms with Crippen molar-refractivity contribution in [3.05, 3.63) is 65.7 Å². The Morgan fingerprint density at radius 3 is 2.22 bits per heavy atom. The third kappa shape index (κ3) is 7.20. The van der Waals surface area contributed by atoms with Crippen molar-refractivity contribution in [2.45, 2.75) is 31.3 Å². The Kier molecular flexibility index (Phi) is 11.0. The van der Waals surface area contributed by atoms with Gasteiger partial charge >= 0.3 is 0 Å². The minimum atomic E-state index is -0.405. The Morgan fingerprint density at radius 1 is 0.944 bits per heavy atom. The number of likely N-dealkylation sites (tertiary alicyclic amines) is 1. The van der Waals surface area contributed by atoms with E-state index in [1.807, 2.05) is 29.2 Å². The number of carbonyl (C=O) groups excluding carboxylic acids is 1. The van der Waals surface area contributed by atoms with Crippen LogP contribution in [0.15, 0.2) is 54.6 Å². The number of rotatable bonds is 9. The van der Waals surface area contributed by atoms with Crippen LogP contribution in [-0.4, -0.2) is 86.1 Å². The van der Waals surface area contributed by atoms with Gasteiger partial charge in [-0.3, -0.25) is 9.69 Å². The van der Waals surface area contributed by atoms with E-state index in [-0.39, 0.29) is 24.2 Å². The summed E-state index contributed by atoms with van der Waals surface area (Å²) in [5.74, 6) is 1.62. The lowest BCUT2D eigenvalue weighted by atomic mass is 9.88. The highest BCUT2D eigenvalue weighted by atomic mass is 35.5. The van der Waals surface area contributed by atoms with E-state index < -0.39 is 6.04 Å². The Bertz CT molecular complexity index is 931. The molecule has 0 radical (unpaired) electrons. The van der Waals surface area contributed by atoms with Crippen LogP contribution in [0.3, 0.4) is 0 Å². The van der Waals surface area contributed by atoms with E-state index in [9.17, 15) is 4.79 Å². The van der Waals surface area contributed by atoms with Gasteiger partial charge in [0.05, 0.1) is 13.2 Å². The van der Waals surface area contributed by atoms with Crippen LogP contribution in [0.25, 0.3) is 0 Å². The van der Waals surface area contributed by atoms with Gasteiger partial charge in [0.2, 0.25) is 5.91 Å². The predicted molar refractivity (Wildman–Crippen MR) is 147 cm³/mol. The largest absolute Gasteiger partial charge is 0.496 e. The first-order valence-corrected chi connectivity index (χ1v) is 12.9. The topological polar surface area (TPSA) is 88.1 Å². The number of carbonyl (C=O) groups is 1. The second kappa shape index (κ2) is 14.0. The average Bonchev–Trinajstić information content (AvgIpc) is 2.92. The molecule has 7 nitrogen and oxygen atoms in total. The minimum Gasteiger partial charge on any atom is -0.496 e. The minimum absolute atomic E-state index is 0. The van der Waals surface area contributed by atoms with E-state index in [1.165, 1.54) is 11.1 Å². The van der Waals surface area contributed by atoms with E-state index in [0.717, 1.165) is 70.9 Å². The molecule has 2 heterocycles. The highest BCUT2D eigenvalue weighted by Crippen LogP contribution is 2.25. The van der Waals surface area contributed by atoms with Crippen LogP contribution in [0.5, 0.6) is 5.75 Å². The molecule has 0 bridgehead atoms. The van der Waals surface area contributed by atoms with Gasteiger partial charge in [0.15, 0.2) is 0 Å². The van der Waals surface area contributed by atoms with Gasteiger partial charge in [0.25, 0.3) is 0 Å². The lowest BCUT2D eigenvalue weighted by Gasteiger charge is -2.39. The zero-order valence-corrected chi connectivity index (χ0v) is 22.2. The number of methoxy groups -OCH3 is 1. The number of piperidine rings is 1. The molecule has 2 atom stereocenters. The lowest BCUT2D eigenvalue weighted by Crippen LogP contribution is -2.55. The van der Waals surface area contributed by atoms with E-state index >= 15 is 0 Å². The Hall–Kier alpha value is -2.16. The molecule has 1 amide bonds. The second-order valence-corrected chi connectivity index (χ2v) is 9.92. The molecule has 8 heteroatoms. The average molecular weight is 516 g/mol. The van der Waals surface area contributed by atoms with Crippen LogP contribution in [0.4, 0.5) is 0 Å². The molecule has 36 heavy (non-hydrogen) atoms. The van der Waals surface area contributed by atoms with Crippen molar-refractivity contribution in [1.29, 1.82) is 0 Å². The van der Waals surface area contributed by atoms with Gasteiger partial charge in [-0.2, -0.15) is 0 Å². The van der Waals surface area contributed by atoms with Crippen molar-refractivity contribution >= 4 is 18.3 Å². The number of nitrogens with two attached hydrogens (primary N) is 2. The zero-order chi connectivity index (χ0) is 24.6. The summed E-state index contributed by atoms with van der Waals surface area (Å²) in [6, 6.07) is 18.2. The smallest absolute Gasteiger partial charge is 0.239 e. The molecule has 2 saturated heterocycles. The van der Waals surface area contributed by atoms with Crippen molar-refractivity contribution in [1.82, 2.24) is 14.7 Å². The highest BCUT2D eigenvalue weighted by molar-refractivity contribution is 5.85. The normalized spacial score (nSPS) is 19.4. The summed E-state index contributed by atoms with van der Waals surface area (Å²) in [5.41, 5.74) is 15.1. The molecule has 2 aromatic carbocycles. The summed E-state index contributed by atoms with van der Waals surface area (Å²) in [7, 11) is 1.71. The first kappa shape index (κ1) is 28.4. The maximum absolute atomic E-state index is 13.2. The molecule has 198 valence electrons. The van der Waals surface area contributed by atoms with Crippen LogP contribution in [-0.2, 0) is 11.3 Å². The number of nitrogens with zero attached hydrogens (tertiary/aromatic N) is 3. The molecule has 4 rings (SSSR count). The first-order chi connectivity index (χ1) is 17.1. The fourth-order valence-corrected chi connectivity index (χ4v) is 5.46. The Labute approximate surface area is 222 Å². The number of halogens is 1. The summed E-state index contributed by atoms with van der Waals surface area (Å²) in [6.45, 7) is 7.57. The number of hydrogen-bond donors (Lipinski definition) is 2. The number of amides is 1. The van der Waals surface area contributed by atoms with Gasteiger partial charge in [-0.25, -0.2) is 0 Å². The van der Waals surface area contributed by atoms with Crippen LogP contribution >= 0.6 is 12.4 Å². The van der Waals surface area contributed by atoms with E-state index in [2.05, 4.69) is 40.1 Å². The number of para-hydroxylation sites is 1. The standard InChI is InChI=1S/C28H41N5O2.ClH/c1-35-26-10-6-5-9-24(26)20-32-15-17-33(18-16-32)28(34)27(30)23-11-13-31(14-12-23)21-25(19-29)22-7-3-2-4-8-22;/h2-10,23,25,27H,11-21,29-30H2,1H3;1H/t25?,27-;/m1./s1. The maximum Gasteiger partial charge on any atom is 0.239 e. The Morgan fingerprint density at radius 2 is 1.58 bits per heavy atom. The van der Waals surface area contributed by atoms with E-state index in [4.69, 9.17) is 16.2 Å². The lowest BCUT2D eigenvalue weighted by molar-refractivity contribution is -0.136. The fourth-order valence-electron chi connectivity index (χ4n) is 5.46. The van der Waals surface area contributed by atoms with Crippen molar-refractivity contribution in [2.75, 3.05) is 59.5 Å². The quantitative estimate of drug-likeness (QED) is 0.533. The summed E-state index contributed by atoms with van der Waals surface area (Å²) >= 11 is 0. The SMILES string of the molecule is COc1ccccc1CN1CCN(C(=O)[C@H](N)C2CCN(CC(CN)c3ccccc3)CC2)CC1.Cl. The zero-order valence-electron chi connectivity index (χ0n) is 21.4. The molecule has 4 N–H and O–H groups in total. The van der Waals surface area contributed by atoms with Crippen LogP contribution in [0, 0.1) is 5.92 Å². The second-order valence-electron chi connectivity index (χ2n) is 9.92. The van der Waals surface area contributed by atoms with Gasteiger partial charge in [0, 0.05) is 57.3 Å². The Balaban J connectivity index is 0.00000361. The van der Waals surface area contributed by atoms with Crippen molar-refractivity contribution < 1.29 is 9.53 Å². The van der Waals surface area contributed by atoms with Gasteiger partial charge in [-0.05, 0) is 43.5 Å². The molecule has 1 unspecified atom stereocenters. The maximum atomic E-state index is 13.2. The number of benzene rings is 2. The van der Waals surface area contributed by atoms with Gasteiger partial charge in [0.1, 0.15) is 5.75 Å². The molecule has 0 aromatic heterocycles. The summed E-state index contributed by atoms with van der Waals surface area (Å²) in [5, 5.41) is 0. The molecular formula is C28H42ClN5O2. The van der Waals surface area contributed by atoms with Crippen molar-refractivity contribution in [2.24, 2.45) is 17.4 Å². The molecule has 2 fully saturated rings. The first-order valence-electron chi connectivity index (χ1n) is 12.9. The highest BCUT2D eigenvalue weighted by Gasteiger charge is 2.33. The molecule has 2 aliphatic rings. The van der Waals surface area contributed by atoms with Crippen LogP contribution in [0.1, 0.15) is 29.9 Å². The molecule has 0 spiro atoms. The molecule has 2 aromatic rings. The van der Waals surface area contributed by atoms with Crippen LogP contribution < -0.4 is 16.2 Å². The summed E-state index contributed by atoms with van der Waals surface area (Å²) in [6.07, 6.45) is 1.93. The fraction of sp³-hybridized carbons (Fsp3) is 0.536. The van der Waals surface area contributed by atoms with E-state index in [0.29, 0.717) is 12.5 Å². The van der Waals surface area contributed by atoms with Gasteiger partial charge < -0.3 is 26.0 Å². The molecular weight excluding hydrogens is 474 g/mol. The third-order valence-corrected chi connectivity index (χ3v) is 7.73. The van der Waals surface area contributed by atoms with E-state index in [1.54, 1.807) is 7.11 Å². The predicted octanol–water partition coefficient (Wildman–Crippen LogP) is 2.54. The van der Waals surface area contributed by atoms with Gasteiger partial charge in [-0.15, -0.1) is 12.4 Å². The van der Waals surface area contributed by atoms with Gasteiger partial charge in [-0.1, -0.05) is 48.5 Å². The van der Waals surface area contributed by atoms with Crippen LogP contribution in [0.2, 0.25) is 0 Å². The number of ether oxygens (including phenoxy) is 1. The van der Waals surface area contributed by atoms with Crippen molar-refractivity contribution in [3.8, 4) is 5.75 Å². The molecule has 0 aliphatic carbocycles. The number of hydrogen-bond acceptors (Lipinski definition) is 6. The third-order valence-electron chi connectivity index (χ3n) is 7.73. The molecule has 2 aliphatic heterocycles. The monoisotopic (exact) mass is 515 g/mol. The summed E-state index contributed by atoms with van der Waals surface area (Å²) in [4.78, 5) is 20.0. The molecule has 0 saturated carbocycles.